The van der Waals surface area contributed by atoms with Gasteiger partial charge in [-0.2, -0.15) is 0 Å². The van der Waals surface area contributed by atoms with Crippen LogP contribution in [0.3, 0.4) is 0 Å². The monoisotopic (exact) mass is 200 g/mol. The zero-order valence-corrected chi connectivity index (χ0v) is 8.76. The molecule has 0 saturated carbocycles. The quantitative estimate of drug-likeness (QED) is 0.690. The molecule has 0 amide bonds. The Bertz CT molecular complexity index is 426. The summed E-state index contributed by atoms with van der Waals surface area (Å²) in [6, 6.07) is 16.1. The summed E-state index contributed by atoms with van der Waals surface area (Å²) in [5.74, 6) is 0. The third-order valence-electron chi connectivity index (χ3n) is 2.23. The van der Waals surface area contributed by atoms with Gasteiger partial charge in [0.25, 0.3) is 0 Å². The van der Waals surface area contributed by atoms with Crippen molar-refractivity contribution in [3.63, 3.8) is 0 Å². The molecule has 0 unspecified atom stereocenters. The average molecular weight is 200 g/mol. The van der Waals surface area contributed by atoms with Gasteiger partial charge in [-0.05, 0) is 11.6 Å². The molecule has 0 aliphatic carbocycles. The second-order valence-corrected chi connectivity index (χ2v) is 3.43. The van der Waals surface area contributed by atoms with Gasteiger partial charge in [0, 0.05) is 23.8 Å². The van der Waals surface area contributed by atoms with E-state index in [2.05, 4.69) is 12.1 Å². The molecule has 0 aliphatic rings. The number of pyridine rings is 1. The van der Waals surface area contributed by atoms with E-state index >= 15 is 0 Å². The van der Waals surface area contributed by atoms with Gasteiger partial charge in [-0.25, -0.2) is 0 Å². The van der Waals surface area contributed by atoms with Crippen molar-refractivity contribution in [2.45, 2.75) is 13.5 Å². The normalized spacial score (nSPS) is 9.93. The van der Waals surface area contributed by atoms with Crippen molar-refractivity contribution >= 4 is 0 Å². The molecule has 76 valence electrons. The molecule has 0 bridgehead atoms. The molecule has 1 heterocycles. The van der Waals surface area contributed by atoms with Crippen molar-refractivity contribution in [3.8, 4) is 0 Å². The van der Waals surface area contributed by atoms with Crippen LogP contribution in [0.25, 0.3) is 0 Å². The first kappa shape index (κ1) is 9.71. The van der Waals surface area contributed by atoms with Crippen molar-refractivity contribution in [2.24, 2.45) is 0 Å². The Kier molecular flexibility index (Phi) is 2.98. The highest BCUT2D eigenvalue weighted by Gasteiger charge is 2.05. The molecule has 1 aromatic heterocycles. The van der Waals surface area contributed by atoms with E-state index in [9.17, 15) is 0 Å². The van der Waals surface area contributed by atoms with Crippen LogP contribution < -0.4 is 9.57 Å². The van der Waals surface area contributed by atoms with Gasteiger partial charge in [0.15, 0.2) is 6.61 Å². The predicted octanol–water partition coefficient (Wildman–Crippen LogP) is 1.91. The minimum atomic E-state index is 0.594. The largest absolute Gasteiger partial charge is 0.266 e. The second kappa shape index (κ2) is 4.60. The SMILES string of the molecule is Cc1cccc[n+]1OCc1ccccc1. The van der Waals surface area contributed by atoms with Gasteiger partial charge >= 0.3 is 0 Å². The highest BCUT2D eigenvalue weighted by atomic mass is 16.7. The minimum absolute atomic E-state index is 0.594. The Morgan fingerprint density at radius 2 is 1.73 bits per heavy atom. The molecule has 0 radical (unpaired) electrons. The highest BCUT2D eigenvalue weighted by Crippen LogP contribution is 1.97. The average Bonchev–Trinajstić information content (AvgIpc) is 2.29. The lowest BCUT2D eigenvalue weighted by Crippen LogP contribution is -2.44. The van der Waals surface area contributed by atoms with Crippen LogP contribution in [0.15, 0.2) is 54.7 Å². The lowest BCUT2D eigenvalue weighted by Gasteiger charge is -2.00. The van der Waals surface area contributed by atoms with Crippen LogP contribution in [0.5, 0.6) is 0 Å². The van der Waals surface area contributed by atoms with Crippen LogP contribution in [0.1, 0.15) is 11.3 Å². The summed E-state index contributed by atoms with van der Waals surface area (Å²) in [7, 11) is 0. The molecule has 2 aromatic rings. The first-order valence-electron chi connectivity index (χ1n) is 5.01. The molecular weight excluding hydrogens is 186 g/mol. The fourth-order valence-electron chi connectivity index (χ4n) is 1.38. The summed E-state index contributed by atoms with van der Waals surface area (Å²) < 4.78 is 1.78. The Morgan fingerprint density at radius 1 is 1.00 bits per heavy atom. The molecule has 15 heavy (non-hydrogen) atoms. The first-order valence-corrected chi connectivity index (χ1v) is 5.01. The highest BCUT2D eigenvalue weighted by molar-refractivity contribution is 5.13. The van der Waals surface area contributed by atoms with Gasteiger partial charge in [0.05, 0.1) is 0 Å². The summed E-state index contributed by atoms with van der Waals surface area (Å²) in [5.41, 5.74) is 2.27. The van der Waals surface area contributed by atoms with Gasteiger partial charge in [-0.3, -0.25) is 4.84 Å². The summed E-state index contributed by atoms with van der Waals surface area (Å²) in [6.07, 6.45) is 1.91. The molecule has 0 fully saturated rings. The standard InChI is InChI=1S/C13H14NO/c1-12-7-5-6-10-14(12)15-11-13-8-3-2-4-9-13/h2-10H,11H2,1H3/q+1. The van der Waals surface area contributed by atoms with E-state index < -0.39 is 0 Å². The molecule has 0 atom stereocenters. The minimum Gasteiger partial charge on any atom is -0.266 e. The van der Waals surface area contributed by atoms with Crippen LogP contribution >= 0.6 is 0 Å². The molecule has 0 saturated heterocycles. The number of hydrogen-bond acceptors (Lipinski definition) is 1. The summed E-state index contributed by atoms with van der Waals surface area (Å²) in [6.45, 7) is 2.61. The van der Waals surface area contributed by atoms with Crippen molar-refractivity contribution in [1.82, 2.24) is 0 Å². The lowest BCUT2D eigenvalue weighted by atomic mass is 10.2. The maximum absolute atomic E-state index is 5.64. The number of aromatic nitrogens is 1. The fourth-order valence-corrected chi connectivity index (χ4v) is 1.38. The van der Waals surface area contributed by atoms with Crippen molar-refractivity contribution in [2.75, 3.05) is 0 Å². The summed E-state index contributed by atoms with van der Waals surface area (Å²) in [5, 5.41) is 0. The summed E-state index contributed by atoms with van der Waals surface area (Å²) in [4.78, 5) is 5.64. The van der Waals surface area contributed by atoms with Gasteiger partial charge < -0.3 is 0 Å². The van der Waals surface area contributed by atoms with Gasteiger partial charge in [-0.15, -0.1) is 0 Å². The maximum Gasteiger partial charge on any atom is 0.231 e. The first-order chi connectivity index (χ1) is 7.36. The maximum atomic E-state index is 5.64. The molecule has 2 rings (SSSR count). The summed E-state index contributed by atoms with van der Waals surface area (Å²) >= 11 is 0. The van der Waals surface area contributed by atoms with E-state index in [1.807, 2.05) is 49.5 Å². The zero-order valence-electron chi connectivity index (χ0n) is 8.76. The molecule has 2 heteroatoms. The Morgan fingerprint density at radius 3 is 2.47 bits per heavy atom. The van der Waals surface area contributed by atoms with E-state index in [4.69, 9.17) is 4.84 Å². The number of aryl methyl sites for hydroxylation is 1. The Labute approximate surface area is 89.7 Å². The fraction of sp³-hybridized carbons (Fsp3) is 0.154. The van der Waals surface area contributed by atoms with Crippen LogP contribution in [0.2, 0.25) is 0 Å². The Hall–Kier alpha value is -1.83. The molecule has 0 N–H and O–H groups in total. The van der Waals surface area contributed by atoms with E-state index in [1.54, 1.807) is 4.73 Å². The molecule has 0 spiro atoms. The van der Waals surface area contributed by atoms with Crippen LogP contribution in [0, 0.1) is 6.92 Å². The molecule has 1 aromatic carbocycles. The number of nitrogens with zero attached hydrogens (tertiary/aromatic N) is 1. The number of rotatable bonds is 3. The van der Waals surface area contributed by atoms with E-state index in [-0.39, 0.29) is 0 Å². The van der Waals surface area contributed by atoms with Crippen molar-refractivity contribution in [3.05, 3.63) is 66.0 Å². The zero-order chi connectivity index (χ0) is 10.5. The van der Waals surface area contributed by atoms with Gasteiger partial charge in [0.2, 0.25) is 11.9 Å². The molecule has 2 nitrogen and oxygen atoms in total. The van der Waals surface area contributed by atoms with Crippen LogP contribution in [0.4, 0.5) is 0 Å². The predicted molar refractivity (Wildman–Crippen MR) is 58.1 cm³/mol. The smallest absolute Gasteiger partial charge is 0.231 e. The Balaban J connectivity index is 2.03. The van der Waals surface area contributed by atoms with E-state index in [0.717, 1.165) is 5.69 Å². The van der Waals surface area contributed by atoms with Crippen LogP contribution in [-0.2, 0) is 6.61 Å². The van der Waals surface area contributed by atoms with E-state index in [0.29, 0.717) is 6.61 Å². The number of hydrogen-bond donors (Lipinski definition) is 0. The molecular formula is C13H14NO+. The van der Waals surface area contributed by atoms with Gasteiger partial charge in [0.1, 0.15) is 0 Å². The lowest BCUT2D eigenvalue weighted by molar-refractivity contribution is -0.899. The molecule has 0 aliphatic heterocycles. The van der Waals surface area contributed by atoms with Crippen LogP contribution in [-0.4, -0.2) is 0 Å². The van der Waals surface area contributed by atoms with Gasteiger partial charge in [-0.1, -0.05) is 30.3 Å². The van der Waals surface area contributed by atoms with Crippen molar-refractivity contribution < 1.29 is 9.57 Å². The van der Waals surface area contributed by atoms with Crippen molar-refractivity contribution in [1.29, 1.82) is 0 Å². The topological polar surface area (TPSA) is 13.1 Å². The number of benzene rings is 1. The third-order valence-corrected chi connectivity index (χ3v) is 2.23. The second-order valence-electron chi connectivity index (χ2n) is 3.43. The van der Waals surface area contributed by atoms with E-state index in [1.165, 1.54) is 5.56 Å². The third kappa shape index (κ3) is 2.56.